The van der Waals surface area contributed by atoms with Gasteiger partial charge in [-0.1, -0.05) is 0 Å². The monoisotopic (exact) mass is 297 g/mol. The summed E-state index contributed by atoms with van der Waals surface area (Å²) in [4.78, 5) is 16.0. The predicted octanol–water partition coefficient (Wildman–Crippen LogP) is 1.96. The maximum Gasteiger partial charge on any atom is 0.240 e. The van der Waals surface area contributed by atoms with Crippen LogP contribution in [0.25, 0.3) is 0 Å². The fourth-order valence-electron chi connectivity index (χ4n) is 1.36. The highest BCUT2D eigenvalue weighted by Crippen LogP contribution is 2.32. The second kappa shape index (κ2) is 6.00. The molecule has 7 heteroatoms. The highest BCUT2D eigenvalue weighted by atomic mass is 35.5. The highest BCUT2D eigenvalue weighted by molar-refractivity contribution is 7.09. The number of hydrogen-bond acceptors (Lipinski definition) is 4. The molecule has 1 aromatic rings. The summed E-state index contributed by atoms with van der Waals surface area (Å²) in [6.07, 6.45) is 1.59. The standard InChI is InChI=1S/C10H15N3OS.2ClH/c1-6(8-5-15-7(2)13-8)12-9(14)10(11)3-4-10;;/h5-6H,3-4,11H2,1-2H3,(H,12,14);2*1H. The SMILES string of the molecule is Cc1nc(C(C)NC(=O)C2(N)CC2)cs1.Cl.Cl. The van der Waals surface area contributed by atoms with Gasteiger partial charge in [-0.05, 0) is 26.7 Å². The number of carbonyl (C=O) groups excluding carboxylic acids is 1. The van der Waals surface area contributed by atoms with Crippen LogP contribution in [0.15, 0.2) is 5.38 Å². The molecule has 2 rings (SSSR count). The van der Waals surface area contributed by atoms with Gasteiger partial charge in [0.1, 0.15) is 0 Å². The molecule has 1 heterocycles. The lowest BCUT2D eigenvalue weighted by atomic mass is 10.2. The summed E-state index contributed by atoms with van der Waals surface area (Å²) >= 11 is 1.59. The van der Waals surface area contributed by atoms with Crippen LogP contribution in [0.1, 0.15) is 36.5 Å². The van der Waals surface area contributed by atoms with E-state index in [1.54, 1.807) is 11.3 Å². The average Bonchev–Trinajstić information content (AvgIpc) is 2.77. The molecule has 0 aliphatic heterocycles. The lowest BCUT2D eigenvalue weighted by Gasteiger charge is -2.14. The second-order valence-electron chi connectivity index (χ2n) is 4.14. The van der Waals surface area contributed by atoms with Gasteiger partial charge in [0, 0.05) is 5.38 Å². The third kappa shape index (κ3) is 3.81. The third-order valence-corrected chi connectivity index (χ3v) is 3.46. The molecule has 98 valence electrons. The molecule has 17 heavy (non-hydrogen) atoms. The van der Waals surface area contributed by atoms with Crippen molar-refractivity contribution in [3.8, 4) is 0 Å². The van der Waals surface area contributed by atoms with Gasteiger partial charge in [-0.25, -0.2) is 4.98 Å². The van der Waals surface area contributed by atoms with Gasteiger partial charge in [0.25, 0.3) is 0 Å². The van der Waals surface area contributed by atoms with Gasteiger partial charge in [-0.3, -0.25) is 4.79 Å². The number of halogens is 2. The zero-order valence-electron chi connectivity index (χ0n) is 9.73. The fraction of sp³-hybridized carbons (Fsp3) is 0.600. The van der Waals surface area contributed by atoms with Gasteiger partial charge in [0.2, 0.25) is 5.91 Å². The summed E-state index contributed by atoms with van der Waals surface area (Å²) in [6.45, 7) is 3.88. The maximum atomic E-state index is 11.7. The van der Waals surface area contributed by atoms with Crippen molar-refractivity contribution < 1.29 is 4.79 Å². The summed E-state index contributed by atoms with van der Waals surface area (Å²) in [5.41, 5.74) is 6.11. The van der Waals surface area contributed by atoms with Crippen molar-refractivity contribution in [2.45, 2.75) is 38.3 Å². The van der Waals surface area contributed by atoms with E-state index in [1.165, 1.54) is 0 Å². The minimum absolute atomic E-state index is 0. The van der Waals surface area contributed by atoms with Crippen molar-refractivity contribution >= 4 is 42.1 Å². The molecule has 1 saturated carbocycles. The number of rotatable bonds is 3. The molecule has 1 fully saturated rings. The number of nitrogens with one attached hydrogen (secondary N) is 1. The quantitative estimate of drug-likeness (QED) is 0.896. The molecule has 0 spiro atoms. The number of hydrogen-bond donors (Lipinski definition) is 2. The number of carbonyl (C=O) groups is 1. The number of aromatic nitrogens is 1. The molecule has 3 N–H and O–H groups in total. The van der Waals surface area contributed by atoms with E-state index in [2.05, 4.69) is 10.3 Å². The van der Waals surface area contributed by atoms with E-state index >= 15 is 0 Å². The Morgan fingerprint density at radius 3 is 2.59 bits per heavy atom. The summed E-state index contributed by atoms with van der Waals surface area (Å²) < 4.78 is 0. The molecule has 1 aromatic heterocycles. The van der Waals surface area contributed by atoms with Crippen molar-refractivity contribution in [1.29, 1.82) is 0 Å². The molecule has 0 saturated heterocycles. The van der Waals surface area contributed by atoms with E-state index in [1.807, 2.05) is 19.2 Å². The second-order valence-corrected chi connectivity index (χ2v) is 5.20. The zero-order valence-corrected chi connectivity index (χ0v) is 12.2. The first-order valence-electron chi connectivity index (χ1n) is 5.03. The first-order chi connectivity index (χ1) is 7.01. The Morgan fingerprint density at radius 1 is 1.59 bits per heavy atom. The molecule has 1 aliphatic rings. The van der Waals surface area contributed by atoms with Crippen molar-refractivity contribution in [2.24, 2.45) is 5.73 Å². The number of amides is 1. The average molecular weight is 298 g/mol. The minimum atomic E-state index is -0.598. The fourth-order valence-corrected chi connectivity index (χ4v) is 2.06. The zero-order chi connectivity index (χ0) is 11.1. The Bertz CT molecular complexity index is 393. The molecule has 1 atom stereocenters. The van der Waals surface area contributed by atoms with Crippen molar-refractivity contribution in [3.05, 3.63) is 16.1 Å². The van der Waals surface area contributed by atoms with E-state index in [4.69, 9.17) is 5.73 Å². The minimum Gasteiger partial charge on any atom is -0.346 e. The molecular formula is C10H17Cl2N3OS. The van der Waals surface area contributed by atoms with E-state index in [-0.39, 0.29) is 36.8 Å². The summed E-state index contributed by atoms with van der Waals surface area (Å²) in [5, 5.41) is 5.87. The molecular weight excluding hydrogens is 281 g/mol. The molecule has 1 unspecified atom stereocenters. The Labute approximate surface area is 117 Å². The van der Waals surface area contributed by atoms with Crippen molar-refractivity contribution in [3.63, 3.8) is 0 Å². The molecule has 1 aliphatic carbocycles. The number of nitrogens with two attached hydrogens (primary N) is 1. The molecule has 0 bridgehead atoms. The van der Waals surface area contributed by atoms with E-state index in [9.17, 15) is 4.79 Å². The Kier molecular flexibility index (Phi) is 5.87. The van der Waals surface area contributed by atoms with Crippen LogP contribution in [-0.4, -0.2) is 16.4 Å². The molecule has 1 amide bonds. The van der Waals surface area contributed by atoms with Crippen LogP contribution in [0.2, 0.25) is 0 Å². The molecule has 4 nitrogen and oxygen atoms in total. The highest BCUT2D eigenvalue weighted by Gasteiger charge is 2.46. The van der Waals surface area contributed by atoms with Crippen LogP contribution in [0.4, 0.5) is 0 Å². The van der Waals surface area contributed by atoms with Crippen molar-refractivity contribution in [2.75, 3.05) is 0 Å². The normalized spacial score (nSPS) is 17.4. The van der Waals surface area contributed by atoms with Crippen LogP contribution in [-0.2, 0) is 4.79 Å². The third-order valence-electron chi connectivity index (χ3n) is 2.67. The van der Waals surface area contributed by atoms with Crippen LogP contribution >= 0.6 is 36.2 Å². The Morgan fingerprint density at radius 2 is 2.18 bits per heavy atom. The van der Waals surface area contributed by atoms with Gasteiger partial charge in [-0.2, -0.15) is 0 Å². The first kappa shape index (κ1) is 16.6. The maximum absolute atomic E-state index is 11.7. The summed E-state index contributed by atoms with van der Waals surface area (Å²) in [6, 6.07) is -0.0523. The van der Waals surface area contributed by atoms with E-state index in [0.29, 0.717) is 0 Å². The molecule has 0 radical (unpaired) electrons. The summed E-state index contributed by atoms with van der Waals surface area (Å²) in [7, 11) is 0. The van der Waals surface area contributed by atoms with Gasteiger partial charge in [0.15, 0.2) is 0 Å². The van der Waals surface area contributed by atoms with E-state index in [0.717, 1.165) is 23.5 Å². The van der Waals surface area contributed by atoms with Crippen LogP contribution in [0.5, 0.6) is 0 Å². The Hall–Kier alpha value is -0.360. The summed E-state index contributed by atoms with van der Waals surface area (Å²) in [5.74, 6) is -0.0550. The smallest absolute Gasteiger partial charge is 0.240 e. The number of nitrogens with zero attached hydrogens (tertiary/aromatic N) is 1. The van der Waals surface area contributed by atoms with Gasteiger partial charge in [0.05, 0.1) is 22.3 Å². The predicted molar refractivity (Wildman–Crippen MR) is 74.1 cm³/mol. The number of thiazole rings is 1. The molecule has 0 aromatic carbocycles. The number of aryl methyl sites for hydroxylation is 1. The van der Waals surface area contributed by atoms with E-state index < -0.39 is 5.54 Å². The Balaban J connectivity index is 0.00000128. The lowest BCUT2D eigenvalue weighted by Crippen LogP contribution is -2.43. The van der Waals surface area contributed by atoms with Crippen LogP contribution in [0, 0.1) is 6.92 Å². The van der Waals surface area contributed by atoms with Crippen molar-refractivity contribution in [1.82, 2.24) is 10.3 Å². The largest absolute Gasteiger partial charge is 0.346 e. The van der Waals surface area contributed by atoms with Gasteiger partial charge in [-0.15, -0.1) is 36.2 Å². The van der Waals surface area contributed by atoms with Gasteiger partial charge < -0.3 is 11.1 Å². The first-order valence-corrected chi connectivity index (χ1v) is 5.91. The van der Waals surface area contributed by atoms with Crippen LogP contribution in [0.3, 0.4) is 0 Å². The van der Waals surface area contributed by atoms with Crippen LogP contribution < -0.4 is 11.1 Å². The lowest BCUT2D eigenvalue weighted by molar-refractivity contribution is -0.123. The van der Waals surface area contributed by atoms with Gasteiger partial charge >= 0.3 is 0 Å². The topological polar surface area (TPSA) is 68.0 Å².